The third kappa shape index (κ3) is 7.74. The van der Waals surface area contributed by atoms with Crippen molar-refractivity contribution in [2.24, 2.45) is 17.8 Å². The lowest BCUT2D eigenvalue weighted by Gasteiger charge is -2.38. The third-order valence-electron chi connectivity index (χ3n) is 8.94. The van der Waals surface area contributed by atoms with E-state index in [1.165, 1.54) is 4.31 Å². The standard InChI is InChI=1S/C33H45N5O6SSi/c1-22(44-46(8,9)33(5,6)7)30-34-16-17-37(30)19-25-18-29(43-35-25)24-13-10-23(11-14-24)12-15-26-27-20-38(21-28(26)27)45(40,41)36-31(39)42-32(2,3)4/h10-11,13-14,16-18,22,26-28H,19-21H2,1-9H3,(H,36,39)/t22-,26?,27-,28+/m0/s1. The first-order valence-electron chi connectivity index (χ1n) is 15.6. The second-order valence-corrected chi connectivity index (χ2v) is 21.2. The summed E-state index contributed by atoms with van der Waals surface area (Å²) in [6.45, 7) is 19.4. The molecule has 0 bridgehead atoms. The maximum absolute atomic E-state index is 12.6. The van der Waals surface area contributed by atoms with Crippen molar-refractivity contribution in [2.45, 2.75) is 84.8 Å². The molecule has 2 aromatic heterocycles. The second-order valence-electron chi connectivity index (χ2n) is 14.7. The van der Waals surface area contributed by atoms with Crippen molar-refractivity contribution in [2.75, 3.05) is 13.1 Å². The Morgan fingerprint density at radius 3 is 2.39 bits per heavy atom. The zero-order valence-electron chi connectivity index (χ0n) is 28.1. The van der Waals surface area contributed by atoms with E-state index in [2.05, 4.69) is 67.3 Å². The van der Waals surface area contributed by atoms with Gasteiger partial charge in [0.2, 0.25) is 0 Å². The highest BCUT2D eigenvalue weighted by atomic mass is 32.2. The number of amides is 1. The van der Waals surface area contributed by atoms with Gasteiger partial charge in [-0.25, -0.2) is 14.5 Å². The molecule has 0 radical (unpaired) electrons. The minimum atomic E-state index is -3.95. The van der Waals surface area contributed by atoms with Gasteiger partial charge in [-0.2, -0.15) is 12.7 Å². The molecular weight excluding hydrogens is 623 g/mol. The lowest BCUT2D eigenvalue weighted by molar-refractivity contribution is 0.0567. The van der Waals surface area contributed by atoms with Crippen molar-refractivity contribution >= 4 is 24.6 Å². The van der Waals surface area contributed by atoms with Crippen LogP contribution in [0.5, 0.6) is 0 Å². The number of nitrogens with one attached hydrogen (secondary N) is 1. The van der Waals surface area contributed by atoms with E-state index in [0.29, 0.717) is 25.4 Å². The van der Waals surface area contributed by atoms with Crippen molar-refractivity contribution < 1.29 is 26.9 Å². The largest absolute Gasteiger partial charge is 0.443 e. The van der Waals surface area contributed by atoms with Crippen LogP contribution >= 0.6 is 0 Å². The first-order valence-corrected chi connectivity index (χ1v) is 19.9. The van der Waals surface area contributed by atoms with Crippen LogP contribution in [0.3, 0.4) is 0 Å². The number of ether oxygens (including phenoxy) is 1. The molecule has 11 nitrogen and oxygen atoms in total. The molecule has 3 aromatic rings. The summed E-state index contributed by atoms with van der Waals surface area (Å²) in [6.07, 6.45) is 2.62. The molecule has 1 unspecified atom stereocenters. The normalized spacial score (nSPS) is 20.8. The predicted molar refractivity (Wildman–Crippen MR) is 177 cm³/mol. The maximum atomic E-state index is 12.6. The van der Waals surface area contributed by atoms with Gasteiger partial charge >= 0.3 is 16.3 Å². The summed E-state index contributed by atoms with van der Waals surface area (Å²) in [5.74, 6) is 8.52. The highest BCUT2D eigenvalue weighted by Gasteiger charge is 2.57. The number of carbonyl (C=O) groups excluding carboxylic acids is 1. The molecule has 4 atom stereocenters. The lowest BCUT2D eigenvalue weighted by Crippen LogP contribution is -2.45. The second kappa shape index (κ2) is 12.3. The molecule has 1 N–H and O–H groups in total. The highest BCUT2D eigenvalue weighted by Crippen LogP contribution is 2.51. The van der Waals surface area contributed by atoms with Crippen LogP contribution in [0.15, 0.2) is 47.2 Å². The molecule has 5 rings (SSSR count). The van der Waals surface area contributed by atoms with Gasteiger partial charge in [-0.15, -0.1) is 0 Å². The van der Waals surface area contributed by atoms with Gasteiger partial charge in [0, 0.05) is 48.6 Å². The SMILES string of the molecule is C[C@H](O[Si](C)(C)C(C)(C)C)c1nccn1Cc1cc(-c2ccc(C#CC3[C@H]4CN(S(=O)(=O)NC(=O)OC(C)(C)C)C[C@@H]34)cc2)on1. The number of aromatic nitrogens is 3. The summed E-state index contributed by atoms with van der Waals surface area (Å²) in [5, 5.41) is 4.40. The number of hydrogen-bond donors (Lipinski definition) is 1. The Bertz CT molecular complexity index is 1730. The molecule has 13 heteroatoms. The van der Waals surface area contributed by atoms with Crippen LogP contribution < -0.4 is 4.72 Å². The maximum Gasteiger partial charge on any atom is 0.422 e. The monoisotopic (exact) mass is 667 g/mol. The van der Waals surface area contributed by atoms with E-state index in [4.69, 9.17) is 13.7 Å². The van der Waals surface area contributed by atoms with Gasteiger partial charge in [0.15, 0.2) is 14.1 Å². The molecule has 0 spiro atoms. The smallest absolute Gasteiger partial charge is 0.422 e. The van der Waals surface area contributed by atoms with E-state index in [-0.39, 0.29) is 28.9 Å². The van der Waals surface area contributed by atoms with Crippen molar-refractivity contribution in [3.05, 3.63) is 59.8 Å². The Morgan fingerprint density at radius 2 is 1.78 bits per heavy atom. The molecule has 1 aromatic carbocycles. The van der Waals surface area contributed by atoms with Crippen molar-refractivity contribution in [1.29, 1.82) is 0 Å². The summed E-state index contributed by atoms with van der Waals surface area (Å²) in [5.41, 5.74) is 1.76. The van der Waals surface area contributed by atoms with Gasteiger partial charge in [-0.1, -0.05) is 37.8 Å². The minimum Gasteiger partial charge on any atom is -0.443 e. The average Bonchev–Trinajstić information content (AvgIpc) is 3.41. The molecular formula is C33H45N5O6SSi. The lowest BCUT2D eigenvalue weighted by atomic mass is 10.1. The molecule has 248 valence electrons. The molecule has 2 fully saturated rings. The van der Waals surface area contributed by atoms with Crippen LogP contribution in [0.1, 0.15) is 71.7 Å². The molecule has 1 aliphatic carbocycles. The first-order chi connectivity index (χ1) is 21.3. The van der Waals surface area contributed by atoms with Gasteiger partial charge < -0.3 is 18.3 Å². The van der Waals surface area contributed by atoms with Gasteiger partial charge in [-0.05, 0) is 81.9 Å². The quantitative estimate of drug-likeness (QED) is 0.230. The highest BCUT2D eigenvalue weighted by molar-refractivity contribution is 7.87. The number of hydrogen-bond acceptors (Lipinski definition) is 8. The Kier molecular flexibility index (Phi) is 9.06. The first kappa shape index (κ1) is 33.9. The summed E-state index contributed by atoms with van der Waals surface area (Å²) in [7, 11) is -5.91. The van der Waals surface area contributed by atoms with Crippen molar-refractivity contribution in [3.63, 3.8) is 0 Å². The van der Waals surface area contributed by atoms with Gasteiger partial charge in [-0.3, -0.25) is 0 Å². The third-order valence-corrected chi connectivity index (χ3v) is 14.9. The topological polar surface area (TPSA) is 129 Å². The van der Waals surface area contributed by atoms with Crippen molar-refractivity contribution in [3.8, 4) is 23.2 Å². The number of carbonyl (C=O) groups is 1. The van der Waals surface area contributed by atoms with E-state index in [0.717, 1.165) is 22.6 Å². The van der Waals surface area contributed by atoms with Crippen LogP contribution in [-0.2, 0) is 25.9 Å². The zero-order valence-corrected chi connectivity index (χ0v) is 29.9. The number of imidazole rings is 1. The molecule has 1 saturated heterocycles. The summed E-state index contributed by atoms with van der Waals surface area (Å²) in [4.78, 5) is 16.5. The number of fused-ring (bicyclic) bond motifs is 1. The van der Waals surface area contributed by atoms with Crippen LogP contribution in [0, 0.1) is 29.6 Å². The molecule has 3 heterocycles. The van der Waals surface area contributed by atoms with Crippen LogP contribution in [0.4, 0.5) is 4.79 Å². The molecule has 2 aliphatic rings. The predicted octanol–water partition coefficient (Wildman–Crippen LogP) is 5.97. The summed E-state index contributed by atoms with van der Waals surface area (Å²) in [6, 6.07) is 9.73. The van der Waals surface area contributed by atoms with Gasteiger partial charge in [0.05, 0.1) is 6.54 Å². The minimum absolute atomic E-state index is 0.106. The summed E-state index contributed by atoms with van der Waals surface area (Å²) >= 11 is 0. The fourth-order valence-corrected chi connectivity index (χ4v) is 7.89. The van der Waals surface area contributed by atoms with Crippen molar-refractivity contribution in [1.82, 2.24) is 23.7 Å². The Hall–Kier alpha value is -3.44. The fourth-order valence-electron chi connectivity index (χ4n) is 5.43. The number of nitrogens with zero attached hydrogens (tertiary/aromatic N) is 4. The number of piperidine rings is 1. The van der Waals surface area contributed by atoms with E-state index in [9.17, 15) is 13.2 Å². The fraction of sp³-hybridized carbons (Fsp3) is 0.545. The van der Waals surface area contributed by atoms with E-state index >= 15 is 0 Å². The number of benzene rings is 1. The van der Waals surface area contributed by atoms with E-state index < -0.39 is 30.2 Å². The molecule has 1 saturated carbocycles. The van der Waals surface area contributed by atoms with Crippen LogP contribution in [-0.4, -0.2) is 60.5 Å². The van der Waals surface area contributed by atoms with Gasteiger partial charge in [0.1, 0.15) is 23.2 Å². The van der Waals surface area contributed by atoms with Crippen LogP contribution in [0.2, 0.25) is 18.1 Å². The summed E-state index contributed by atoms with van der Waals surface area (Å²) < 4.78 is 47.8. The van der Waals surface area contributed by atoms with E-state index in [1.54, 1.807) is 27.0 Å². The van der Waals surface area contributed by atoms with Crippen LogP contribution in [0.25, 0.3) is 11.3 Å². The molecule has 46 heavy (non-hydrogen) atoms. The Balaban J connectivity index is 1.14. The number of rotatable bonds is 8. The average molecular weight is 668 g/mol. The molecule has 1 aliphatic heterocycles. The molecule has 1 amide bonds. The van der Waals surface area contributed by atoms with E-state index in [1.807, 2.05) is 41.3 Å². The Labute approximate surface area is 273 Å². The van der Waals surface area contributed by atoms with Gasteiger partial charge in [0.25, 0.3) is 0 Å². The zero-order chi connectivity index (χ0) is 33.7. The Morgan fingerprint density at radius 1 is 1.13 bits per heavy atom.